The number of rotatable bonds is 8. The van der Waals surface area contributed by atoms with Crippen LogP contribution in [0.1, 0.15) is 38.7 Å². The van der Waals surface area contributed by atoms with Gasteiger partial charge in [-0.25, -0.2) is 12.7 Å². The van der Waals surface area contributed by atoms with Crippen LogP contribution in [0.2, 0.25) is 0 Å². The molecule has 0 aromatic heterocycles. The van der Waals surface area contributed by atoms with Gasteiger partial charge < -0.3 is 10.2 Å². The van der Waals surface area contributed by atoms with Gasteiger partial charge in [-0.1, -0.05) is 25.1 Å². The summed E-state index contributed by atoms with van der Waals surface area (Å²) in [5, 5.41) is 2.87. The van der Waals surface area contributed by atoms with Gasteiger partial charge in [-0.3, -0.25) is 9.59 Å². The molecule has 0 unspecified atom stereocenters. The summed E-state index contributed by atoms with van der Waals surface area (Å²) in [6.45, 7) is 6.76. The lowest BCUT2D eigenvalue weighted by molar-refractivity contribution is -0.139. The zero-order valence-electron chi connectivity index (χ0n) is 17.0. The second-order valence-electron chi connectivity index (χ2n) is 7.20. The van der Waals surface area contributed by atoms with Gasteiger partial charge in [0, 0.05) is 31.2 Å². The van der Waals surface area contributed by atoms with E-state index in [0.717, 1.165) is 17.7 Å². The average Bonchev–Trinajstić information content (AvgIpc) is 2.69. The van der Waals surface area contributed by atoms with Gasteiger partial charge in [0.15, 0.2) is 0 Å². The number of piperidine rings is 1. The Balaban J connectivity index is 1.96. The smallest absolute Gasteiger partial charge is 0.244 e. The molecule has 7 nitrogen and oxygen atoms in total. The summed E-state index contributed by atoms with van der Waals surface area (Å²) in [7, 11) is -3.21. The first-order chi connectivity index (χ1) is 13.3. The van der Waals surface area contributed by atoms with E-state index in [9.17, 15) is 18.0 Å². The van der Waals surface area contributed by atoms with Crippen LogP contribution in [0.25, 0.3) is 0 Å². The summed E-state index contributed by atoms with van der Waals surface area (Å²) in [4.78, 5) is 27.0. The molecule has 0 saturated carbocycles. The van der Waals surface area contributed by atoms with E-state index in [4.69, 9.17) is 0 Å². The molecule has 1 aromatic carbocycles. The normalized spacial score (nSPS) is 16.0. The van der Waals surface area contributed by atoms with Gasteiger partial charge in [-0.15, -0.1) is 0 Å². The van der Waals surface area contributed by atoms with Gasteiger partial charge in [0.25, 0.3) is 0 Å². The topological polar surface area (TPSA) is 86.8 Å². The van der Waals surface area contributed by atoms with E-state index in [1.54, 1.807) is 11.8 Å². The van der Waals surface area contributed by atoms with Crippen LogP contribution in [0.5, 0.6) is 0 Å². The van der Waals surface area contributed by atoms with Crippen molar-refractivity contribution < 1.29 is 18.0 Å². The molecule has 0 radical (unpaired) electrons. The van der Waals surface area contributed by atoms with Crippen LogP contribution >= 0.6 is 0 Å². The minimum absolute atomic E-state index is 0.00841. The number of carbonyl (C=O) groups excluding carboxylic acids is 2. The van der Waals surface area contributed by atoms with Crippen LogP contribution in [0.15, 0.2) is 24.3 Å². The third-order valence-electron chi connectivity index (χ3n) is 5.12. The van der Waals surface area contributed by atoms with Gasteiger partial charge in [-0.2, -0.15) is 0 Å². The molecule has 1 aromatic rings. The third kappa shape index (κ3) is 5.78. The highest BCUT2D eigenvalue weighted by Gasteiger charge is 2.32. The molecule has 28 heavy (non-hydrogen) atoms. The maximum absolute atomic E-state index is 12.9. The highest BCUT2D eigenvalue weighted by atomic mass is 32.2. The molecule has 2 rings (SSSR count). The van der Waals surface area contributed by atoms with Gasteiger partial charge >= 0.3 is 0 Å². The fourth-order valence-electron chi connectivity index (χ4n) is 3.44. The summed E-state index contributed by atoms with van der Waals surface area (Å²) >= 11 is 0. The monoisotopic (exact) mass is 409 g/mol. The Morgan fingerprint density at radius 1 is 1.18 bits per heavy atom. The van der Waals surface area contributed by atoms with E-state index in [0.29, 0.717) is 32.5 Å². The molecule has 156 valence electrons. The second kappa shape index (κ2) is 10.0. The van der Waals surface area contributed by atoms with Crippen LogP contribution in [0.3, 0.4) is 0 Å². The lowest BCUT2D eigenvalue weighted by Gasteiger charge is -2.33. The lowest BCUT2D eigenvalue weighted by Crippen LogP contribution is -2.46. The molecule has 1 heterocycles. The summed E-state index contributed by atoms with van der Waals surface area (Å²) < 4.78 is 25.4. The second-order valence-corrected chi connectivity index (χ2v) is 9.45. The SMILES string of the molecule is CCCN(CC(=O)Nc1ccccc1C)C(=O)C1CCN(S(=O)(=O)CC)CC1. The minimum Gasteiger partial charge on any atom is -0.333 e. The minimum atomic E-state index is -3.21. The maximum atomic E-state index is 12.9. The third-order valence-corrected chi connectivity index (χ3v) is 7.00. The predicted octanol–water partition coefficient (Wildman–Crippen LogP) is 2.23. The molecule has 1 fully saturated rings. The average molecular weight is 410 g/mol. The summed E-state index contributed by atoms with van der Waals surface area (Å²) in [5.74, 6) is -0.439. The van der Waals surface area contributed by atoms with E-state index < -0.39 is 10.0 Å². The predicted molar refractivity (Wildman–Crippen MR) is 110 cm³/mol. The zero-order valence-corrected chi connectivity index (χ0v) is 17.8. The molecule has 1 N–H and O–H groups in total. The van der Waals surface area contributed by atoms with Crippen molar-refractivity contribution in [1.29, 1.82) is 0 Å². The van der Waals surface area contributed by atoms with Gasteiger partial charge in [0.1, 0.15) is 0 Å². The van der Waals surface area contributed by atoms with E-state index in [2.05, 4.69) is 5.32 Å². The van der Waals surface area contributed by atoms with E-state index in [1.165, 1.54) is 4.31 Å². The fraction of sp³-hybridized carbons (Fsp3) is 0.600. The van der Waals surface area contributed by atoms with Crippen LogP contribution in [-0.2, 0) is 19.6 Å². The first-order valence-corrected chi connectivity index (χ1v) is 11.5. The van der Waals surface area contributed by atoms with Crippen LogP contribution in [0, 0.1) is 12.8 Å². The van der Waals surface area contributed by atoms with Crippen LogP contribution in [0.4, 0.5) is 5.69 Å². The first kappa shape index (κ1) is 22.4. The Morgan fingerprint density at radius 3 is 2.39 bits per heavy atom. The molecule has 1 saturated heterocycles. The largest absolute Gasteiger partial charge is 0.333 e. The van der Waals surface area contributed by atoms with Crippen LogP contribution < -0.4 is 5.32 Å². The van der Waals surface area contributed by atoms with Gasteiger partial charge in [0.2, 0.25) is 21.8 Å². The molecule has 0 bridgehead atoms. The van der Waals surface area contributed by atoms with E-state index >= 15 is 0 Å². The highest BCUT2D eigenvalue weighted by Crippen LogP contribution is 2.22. The number of nitrogens with one attached hydrogen (secondary N) is 1. The molecular weight excluding hydrogens is 378 g/mol. The number of amides is 2. The summed E-state index contributed by atoms with van der Waals surface area (Å²) in [6.07, 6.45) is 1.75. The zero-order chi connectivity index (χ0) is 20.7. The number of carbonyl (C=O) groups is 2. The number of hydrogen-bond donors (Lipinski definition) is 1. The molecule has 8 heteroatoms. The summed E-state index contributed by atoms with van der Waals surface area (Å²) in [6, 6.07) is 7.52. The number of benzene rings is 1. The standard InChI is InChI=1S/C20H31N3O4S/c1-4-12-22(15-19(24)21-18-9-7-6-8-16(18)3)20(25)17-10-13-23(14-11-17)28(26,27)5-2/h6-9,17H,4-5,10-15H2,1-3H3,(H,21,24). The fourth-order valence-corrected chi connectivity index (χ4v) is 4.57. The molecule has 1 aliphatic heterocycles. The molecular formula is C20H31N3O4S. The van der Waals surface area contributed by atoms with Gasteiger partial charge in [-0.05, 0) is 44.7 Å². The number of anilines is 1. The molecule has 0 aliphatic carbocycles. The van der Waals surface area contributed by atoms with Crippen molar-refractivity contribution in [2.45, 2.75) is 40.0 Å². The van der Waals surface area contributed by atoms with Crippen molar-refractivity contribution >= 4 is 27.5 Å². The Labute approximate surface area is 168 Å². The van der Waals surface area contributed by atoms with Crippen LogP contribution in [-0.4, -0.2) is 61.4 Å². The Kier molecular flexibility index (Phi) is 8.00. The molecule has 0 atom stereocenters. The Morgan fingerprint density at radius 2 is 1.82 bits per heavy atom. The lowest BCUT2D eigenvalue weighted by atomic mass is 9.96. The van der Waals surface area contributed by atoms with Crippen molar-refractivity contribution in [3.8, 4) is 0 Å². The maximum Gasteiger partial charge on any atom is 0.244 e. The Hall–Kier alpha value is -1.93. The number of aryl methyl sites for hydroxylation is 1. The van der Waals surface area contributed by atoms with Gasteiger partial charge in [0.05, 0.1) is 12.3 Å². The number of nitrogens with zero attached hydrogens (tertiary/aromatic N) is 2. The first-order valence-electron chi connectivity index (χ1n) is 9.90. The highest BCUT2D eigenvalue weighted by molar-refractivity contribution is 7.89. The van der Waals surface area contributed by atoms with Crippen molar-refractivity contribution in [1.82, 2.24) is 9.21 Å². The quantitative estimate of drug-likeness (QED) is 0.713. The van der Waals surface area contributed by atoms with Crippen molar-refractivity contribution in [2.75, 3.05) is 37.2 Å². The van der Waals surface area contributed by atoms with E-state index in [-0.39, 0.29) is 30.0 Å². The summed E-state index contributed by atoms with van der Waals surface area (Å²) in [5.41, 5.74) is 1.71. The number of para-hydroxylation sites is 1. The molecule has 1 aliphatic rings. The number of sulfonamides is 1. The van der Waals surface area contributed by atoms with Crippen molar-refractivity contribution in [3.63, 3.8) is 0 Å². The number of hydrogen-bond acceptors (Lipinski definition) is 4. The Bertz CT molecular complexity index is 786. The van der Waals surface area contributed by atoms with E-state index in [1.807, 2.05) is 38.1 Å². The van der Waals surface area contributed by atoms with Crippen molar-refractivity contribution in [2.24, 2.45) is 5.92 Å². The van der Waals surface area contributed by atoms with Crippen molar-refractivity contribution in [3.05, 3.63) is 29.8 Å². The molecule has 2 amide bonds. The molecule has 0 spiro atoms.